The first-order valence-electron chi connectivity index (χ1n) is 6.77. The number of carbonyl (C=O) groups is 1. The van der Waals surface area contributed by atoms with Crippen molar-refractivity contribution in [2.45, 2.75) is 6.18 Å². The van der Waals surface area contributed by atoms with Gasteiger partial charge in [0, 0.05) is 26.2 Å². The number of carbonyl (C=O) groups excluding carboxylic acids is 1. The molecule has 0 radical (unpaired) electrons. The number of piperazine rings is 1. The number of aromatic nitrogens is 2. The Balaban J connectivity index is 2.05. The van der Waals surface area contributed by atoms with Crippen LogP contribution < -0.4 is 4.90 Å². The van der Waals surface area contributed by atoms with Gasteiger partial charge in [-0.15, -0.1) is 0 Å². The average molecular weight is 310 g/mol. The van der Waals surface area contributed by atoms with Gasteiger partial charge in [0.05, 0.1) is 11.0 Å². The third-order valence-electron chi connectivity index (χ3n) is 3.58. The van der Waals surface area contributed by atoms with Crippen molar-refractivity contribution in [1.29, 1.82) is 0 Å². The van der Waals surface area contributed by atoms with Crippen LogP contribution in [0, 0.1) is 0 Å². The summed E-state index contributed by atoms with van der Waals surface area (Å²) in [6.07, 6.45) is -3.87. The van der Waals surface area contributed by atoms with Crippen molar-refractivity contribution >= 4 is 23.3 Å². The van der Waals surface area contributed by atoms with E-state index >= 15 is 0 Å². The van der Waals surface area contributed by atoms with Gasteiger partial charge in [0.25, 0.3) is 0 Å². The molecule has 3 rings (SSSR count). The van der Waals surface area contributed by atoms with Crippen LogP contribution in [0.2, 0.25) is 0 Å². The summed E-state index contributed by atoms with van der Waals surface area (Å²) in [5, 5.41) is 0. The first kappa shape index (κ1) is 14.6. The van der Waals surface area contributed by atoms with Crippen LogP contribution in [0.3, 0.4) is 0 Å². The summed E-state index contributed by atoms with van der Waals surface area (Å²) in [5.41, 5.74) is -0.348. The Morgan fingerprint density at radius 1 is 1.00 bits per heavy atom. The van der Waals surface area contributed by atoms with E-state index in [1.165, 1.54) is 15.9 Å². The Hall–Kier alpha value is -2.38. The predicted octanol–water partition coefficient (Wildman–Crippen LogP) is 1.93. The van der Waals surface area contributed by atoms with E-state index in [4.69, 9.17) is 0 Å². The molecule has 0 unspecified atom stereocenters. The van der Waals surface area contributed by atoms with Crippen LogP contribution in [0.1, 0.15) is 5.69 Å². The average Bonchev–Trinajstić information content (AvgIpc) is 2.53. The maximum Gasteiger partial charge on any atom is 0.437 e. The largest absolute Gasteiger partial charge is 0.437 e. The van der Waals surface area contributed by atoms with Crippen molar-refractivity contribution in [3.05, 3.63) is 30.0 Å². The highest BCUT2D eigenvalue weighted by Gasteiger charge is 2.39. The number of benzene rings is 1. The molecule has 0 saturated carbocycles. The lowest BCUT2D eigenvalue weighted by molar-refractivity contribution is -0.140. The van der Waals surface area contributed by atoms with Crippen molar-refractivity contribution in [3.63, 3.8) is 0 Å². The lowest BCUT2D eigenvalue weighted by Gasteiger charge is -2.34. The topological polar surface area (TPSA) is 49.3 Å². The zero-order valence-corrected chi connectivity index (χ0v) is 11.5. The van der Waals surface area contributed by atoms with E-state index in [1.807, 2.05) is 0 Å². The maximum absolute atomic E-state index is 13.3. The van der Waals surface area contributed by atoms with Crippen LogP contribution >= 0.6 is 0 Å². The number of rotatable bonds is 2. The molecule has 116 valence electrons. The Morgan fingerprint density at radius 2 is 1.59 bits per heavy atom. The second kappa shape index (κ2) is 5.43. The molecule has 2 heterocycles. The van der Waals surface area contributed by atoms with Crippen LogP contribution in [0.25, 0.3) is 11.0 Å². The number of halogens is 3. The number of amides is 1. The summed E-state index contributed by atoms with van der Waals surface area (Å²) in [5.74, 6) is -0.170. The first-order valence-corrected chi connectivity index (χ1v) is 6.77. The standard InChI is InChI=1S/C14H13F3N4O/c15-14(16,17)12-13(21-7-5-20(9-22)6-8-21)19-11-4-2-1-3-10(11)18-12/h1-4,9H,5-8H2. The van der Waals surface area contributed by atoms with Gasteiger partial charge in [-0.05, 0) is 12.1 Å². The molecule has 1 aromatic heterocycles. The Morgan fingerprint density at radius 3 is 2.14 bits per heavy atom. The zero-order chi connectivity index (χ0) is 15.7. The minimum Gasteiger partial charge on any atom is -0.351 e. The summed E-state index contributed by atoms with van der Waals surface area (Å²) in [4.78, 5) is 21.7. The van der Waals surface area contributed by atoms with Crippen LogP contribution in [-0.2, 0) is 11.0 Å². The molecule has 2 aromatic rings. The van der Waals surface area contributed by atoms with E-state index in [0.717, 1.165) is 0 Å². The minimum atomic E-state index is -4.58. The van der Waals surface area contributed by atoms with Crippen molar-refractivity contribution in [2.24, 2.45) is 0 Å². The summed E-state index contributed by atoms with van der Waals surface area (Å²) in [6, 6.07) is 6.47. The van der Waals surface area contributed by atoms with Crippen LogP contribution in [0.5, 0.6) is 0 Å². The number of anilines is 1. The van der Waals surface area contributed by atoms with Gasteiger partial charge in [0.15, 0.2) is 11.5 Å². The Labute approximate surface area is 124 Å². The van der Waals surface area contributed by atoms with Gasteiger partial charge in [0.2, 0.25) is 6.41 Å². The molecule has 0 atom stereocenters. The highest BCUT2D eigenvalue weighted by Crippen LogP contribution is 2.35. The molecule has 22 heavy (non-hydrogen) atoms. The predicted molar refractivity (Wildman–Crippen MR) is 74.4 cm³/mol. The normalized spacial score (nSPS) is 16.1. The maximum atomic E-state index is 13.3. The minimum absolute atomic E-state index is 0.170. The zero-order valence-electron chi connectivity index (χ0n) is 11.5. The summed E-state index contributed by atoms with van der Waals surface area (Å²) < 4.78 is 39.8. The number of alkyl halides is 3. The quantitative estimate of drug-likeness (QED) is 0.795. The lowest BCUT2D eigenvalue weighted by Crippen LogP contribution is -2.46. The molecule has 1 aliphatic heterocycles. The fraction of sp³-hybridized carbons (Fsp3) is 0.357. The second-order valence-corrected chi connectivity index (χ2v) is 5.01. The van der Waals surface area contributed by atoms with E-state index in [-0.39, 0.29) is 11.3 Å². The van der Waals surface area contributed by atoms with Crippen LogP contribution in [0.4, 0.5) is 19.0 Å². The van der Waals surface area contributed by atoms with E-state index in [2.05, 4.69) is 9.97 Å². The van der Waals surface area contributed by atoms with E-state index in [1.54, 1.807) is 18.2 Å². The second-order valence-electron chi connectivity index (χ2n) is 5.01. The molecule has 0 bridgehead atoms. The van der Waals surface area contributed by atoms with Crippen LogP contribution in [0.15, 0.2) is 24.3 Å². The molecular formula is C14H13F3N4O. The van der Waals surface area contributed by atoms with Gasteiger partial charge >= 0.3 is 6.18 Å². The molecule has 1 saturated heterocycles. The molecule has 0 spiro atoms. The number of para-hydroxylation sites is 2. The fourth-order valence-electron chi connectivity index (χ4n) is 2.44. The highest BCUT2D eigenvalue weighted by molar-refractivity contribution is 5.76. The number of hydrogen-bond acceptors (Lipinski definition) is 4. The SMILES string of the molecule is O=CN1CCN(c2nc3ccccc3nc2C(F)(F)F)CC1. The first-order chi connectivity index (χ1) is 10.5. The molecule has 5 nitrogen and oxygen atoms in total. The van der Waals surface area contributed by atoms with Gasteiger partial charge in [-0.1, -0.05) is 12.1 Å². The van der Waals surface area contributed by atoms with Crippen LogP contribution in [-0.4, -0.2) is 47.5 Å². The molecule has 1 fully saturated rings. The van der Waals surface area contributed by atoms with Gasteiger partial charge in [-0.3, -0.25) is 4.79 Å². The summed E-state index contributed by atoms with van der Waals surface area (Å²) in [7, 11) is 0. The van der Waals surface area contributed by atoms with Crippen molar-refractivity contribution in [3.8, 4) is 0 Å². The molecule has 0 N–H and O–H groups in total. The smallest absolute Gasteiger partial charge is 0.351 e. The monoisotopic (exact) mass is 310 g/mol. The van der Waals surface area contributed by atoms with E-state index in [0.29, 0.717) is 38.1 Å². The number of fused-ring (bicyclic) bond motifs is 1. The van der Waals surface area contributed by atoms with Crippen molar-refractivity contribution < 1.29 is 18.0 Å². The van der Waals surface area contributed by atoms with E-state index < -0.39 is 11.9 Å². The Kier molecular flexibility index (Phi) is 3.59. The molecule has 1 aromatic carbocycles. The van der Waals surface area contributed by atoms with Gasteiger partial charge in [-0.2, -0.15) is 13.2 Å². The molecule has 1 aliphatic rings. The third kappa shape index (κ3) is 2.68. The van der Waals surface area contributed by atoms with Gasteiger partial charge in [0.1, 0.15) is 0 Å². The molecular weight excluding hydrogens is 297 g/mol. The number of nitrogens with zero attached hydrogens (tertiary/aromatic N) is 4. The third-order valence-corrected chi connectivity index (χ3v) is 3.58. The summed E-state index contributed by atoms with van der Waals surface area (Å²) >= 11 is 0. The fourth-order valence-corrected chi connectivity index (χ4v) is 2.44. The molecule has 8 heteroatoms. The van der Waals surface area contributed by atoms with E-state index in [9.17, 15) is 18.0 Å². The molecule has 0 aliphatic carbocycles. The van der Waals surface area contributed by atoms with Crippen molar-refractivity contribution in [2.75, 3.05) is 31.1 Å². The van der Waals surface area contributed by atoms with Gasteiger partial charge < -0.3 is 9.80 Å². The highest BCUT2D eigenvalue weighted by atomic mass is 19.4. The van der Waals surface area contributed by atoms with Crippen molar-refractivity contribution in [1.82, 2.24) is 14.9 Å². The lowest BCUT2D eigenvalue weighted by atomic mass is 10.2. The van der Waals surface area contributed by atoms with Gasteiger partial charge in [-0.25, -0.2) is 9.97 Å². The number of hydrogen-bond donors (Lipinski definition) is 0. The Bertz CT molecular complexity index is 696. The summed E-state index contributed by atoms with van der Waals surface area (Å²) in [6.45, 7) is 1.34. The molecule has 1 amide bonds.